The predicted molar refractivity (Wildman–Crippen MR) is 99.9 cm³/mol. The van der Waals surface area contributed by atoms with Gasteiger partial charge in [-0.3, -0.25) is 0 Å². The molecule has 0 bridgehead atoms. The molecule has 0 aromatic heterocycles. The largest absolute Gasteiger partial charge is 0.493 e. The Morgan fingerprint density at radius 3 is 2.24 bits per heavy atom. The Labute approximate surface area is 151 Å². The van der Waals surface area contributed by atoms with Gasteiger partial charge in [-0.15, -0.1) is 0 Å². The van der Waals surface area contributed by atoms with E-state index in [1.165, 1.54) is 6.08 Å². The molecule has 0 saturated heterocycles. The van der Waals surface area contributed by atoms with Gasteiger partial charge in [-0.05, 0) is 60.8 Å². The van der Waals surface area contributed by atoms with Crippen molar-refractivity contribution in [2.45, 2.75) is 52.6 Å². The maximum atomic E-state index is 12.1. The van der Waals surface area contributed by atoms with Gasteiger partial charge >= 0.3 is 5.97 Å². The maximum Gasteiger partial charge on any atom is 0.331 e. The van der Waals surface area contributed by atoms with Crippen molar-refractivity contribution in [1.82, 2.24) is 0 Å². The van der Waals surface area contributed by atoms with E-state index in [0.717, 1.165) is 31.2 Å². The standard InChI is InChI=1S/C21H30O4/c1-21(2,3)16-8-10-17(11-9-16)25-20(22)13-7-15-6-12-18(23-4)19(14-15)24-5/h6-7,12-14,16-17H,8-11H2,1-5H3. The molecule has 1 aliphatic carbocycles. The van der Waals surface area contributed by atoms with Gasteiger partial charge in [-0.1, -0.05) is 26.8 Å². The number of carbonyl (C=O) groups excluding carboxylic acids is 1. The van der Waals surface area contributed by atoms with E-state index in [1.54, 1.807) is 20.3 Å². The zero-order valence-electron chi connectivity index (χ0n) is 16.0. The quantitative estimate of drug-likeness (QED) is 0.564. The smallest absolute Gasteiger partial charge is 0.331 e. The second-order valence-corrected chi connectivity index (χ2v) is 7.72. The number of esters is 1. The number of carbonyl (C=O) groups is 1. The third kappa shape index (κ3) is 5.52. The number of methoxy groups -OCH3 is 2. The zero-order valence-corrected chi connectivity index (χ0v) is 16.0. The summed E-state index contributed by atoms with van der Waals surface area (Å²) in [6, 6.07) is 5.52. The Morgan fingerprint density at radius 1 is 1.04 bits per heavy atom. The lowest BCUT2D eigenvalue weighted by Crippen LogP contribution is -2.30. The average Bonchev–Trinajstić information content (AvgIpc) is 2.59. The molecule has 1 saturated carbocycles. The molecule has 0 heterocycles. The first-order valence-electron chi connectivity index (χ1n) is 8.94. The first-order valence-corrected chi connectivity index (χ1v) is 8.94. The zero-order chi connectivity index (χ0) is 18.4. The molecule has 4 heteroatoms. The number of hydrogen-bond donors (Lipinski definition) is 0. The highest BCUT2D eigenvalue weighted by atomic mass is 16.5. The van der Waals surface area contributed by atoms with Crippen LogP contribution in [0.4, 0.5) is 0 Å². The van der Waals surface area contributed by atoms with Crippen molar-refractivity contribution in [3.8, 4) is 11.5 Å². The summed E-state index contributed by atoms with van der Waals surface area (Å²) in [5.41, 5.74) is 1.20. The predicted octanol–water partition coefficient (Wildman–Crippen LogP) is 4.87. The molecule has 1 aromatic rings. The van der Waals surface area contributed by atoms with Gasteiger partial charge in [0, 0.05) is 6.08 Å². The Bertz CT molecular complexity index is 605. The van der Waals surface area contributed by atoms with Gasteiger partial charge in [0.1, 0.15) is 6.10 Å². The highest BCUT2D eigenvalue weighted by Gasteiger charge is 2.30. The molecule has 0 spiro atoms. The van der Waals surface area contributed by atoms with Gasteiger partial charge < -0.3 is 14.2 Å². The minimum atomic E-state index is -0.283. The molecule has 0 unspecified atom stereocenters. The lowest BCUT2D eigenvalue weighted by Gasteiger charge is -2.36. The van der Waals surface area contributed by atoms with Crippen molar-refractivity contribution in [2.75, 3.05) is 14.2 Å². The fourth-order valence-electron chi connectivity index (χ4n) is 3.37. The minimum absolute atomic E-state index is 0.0427. The SMILES string of the molecule is COc1ccc(C=CC(=O)OC2CCC(C(C)(C)C)CC2)cc1OC. The van der Waals surface area contributed by atoms with Crippen LogP contribution >= 0.6 is 0 Å². The fourth-order valence-corrected chi connectivity index (χ4v) is 3.37. The van der Waals surface area contributed by atoms with E-state index in [-0.39, 0.29) is 12.1 Å². The van der Waals surface area contributed by atoms with Crippen molar-refractivity contribution >= 4 is 12.0 Å². The molecule has 25 heavy (non-hydrogen) atoms. The molecule has 1 aliphatic rings. The monoisotopic (exact) mass is 346 g/mol. The van der Waals surface area contributed by atoms with Crippen LogP contribution in [0.15, 0.2) is 24.3 Å². The third-order valence-corrected chi connectivity index (χ3v) is 5.00. The van der Waals surface area contributed by atoms with Gasteiger partial charge in [-0.25, -0.2) is 4.79 Å². The van der Waals surface area contributed by atoms with Crippen LogP contribution < -0.4 is 9.47 Å². The second kappa shape index (κ2) is 8.41. The molecule has 1 fully saturated rings. The summed E-state index contributed by atoms with van der Waals surface area (Å²) in [6.45, 7) is 6.86. The van der Waals surface area contributed by atoms with Crippen LogP contribution in [-0.4, -0.2) is 26.3 Å². The van der Waals surface area contributed by atoms with E-state index in [9.17, 15) is 4.79 Å². The van der Waals surface area contributed by atoms with E-state index in [4.69, 9.17) is 14.2 Å². The van der Waals surface area contributed by atoms with Crippen molar-refractivity contribution in [3.05, 3.63) is 29.8 Å². The van der Waals surface area contributed by atoms with Gasteiger partial charge in [-0.2, -0.15) is 0 Å². The molecule has 2 rings (SSSR count). The summed E-state index contributed by atoms with van der Waals surface area (Å²) < 4.78 is 16.1. The molecule has 138 valence electrons. The summed E-state index contributed by atoms with van der Waals surface area (Å²) in [7, 11) is 3.19. The topological polar surface area (TPSA) is 44.8 Å². The van der Waals surface area contributed by atoms with Gasteiger partial charge in [0.05, 0.1) is 14.2 Å². The summed E-state index contributed by atoms with van der Waals surface area (Å²) in [6.07, 6.45) is 7.43. The van der Waals surface area contributed by atoms with Crippen LogP contribution in [0.2, 0.25) is 0 Å². The normalized spacial score (nSPS) is 21.2. The van der Waals surface area contributed by atoms with Crippen molar-refractivity contribution in [1.29, 1.82) is 0 Å². The van der Waals surface area contributed by atoms with Gasteiger partial charge in [0.25, 0.3) is 0 Å². The van der Waals surface area contributed by atoms with Crippen LogP contribution in [0, 0.1) is 11.3 Å². The lowest BCUT2D eigenvalue weighted by molar-refractivity contribution is -0.145. The van der Waals surface area contributed by atoms with Crippen LogP contribution in [0.1, 0.15) is 52.0 Å². The Hall–Kier alpha value is -1.97. The van der Waals surface area contributed by atoms with Crippen molar-refractivity contribution in [2.24, 2.45) is 11.3 Å². The highest BCUT2D eigenvalue weighted by molar-refractivity contribution is 5.87. The molecular weight excluding hydrogens is 316 g/mol. The first kappa shape index (κ1) is 19.4. The van der Waals surface area contributed by atoms with Crippen molar-refractivity contribution < 1.29 is 19.0 Å². The molecule has 0 N–H and O–H groups in total. The van der Waals surface area contributed by atoms with Crippen molar-refractivity contribution in [3.63, 3.8) is 0 Å². The first-order chi connectivity index (χ1) is 11.8. The fraction of sp³-hybridized carbons (Fsp3) is 0.571. The van der Waals surface area contributed by atoms with Crippen LogP contribution in [0.25, 0.3) is 6.08 Å². The molecule has 0 amide bonds. The lowest BCUT2D eigenvalue weighted by atomic mass is 9.72. The highest BCUT2D eigenvalue weighted by Crippen LogP contribution is 2.38. The average molecular weight is 346 g/mol. The van der Waals surface area contributed by atoms with E-state index in [2.05, 4.69) is 20.8 Å². The molecule has 0 radical (unpaired) electrons. The molecule has 4 nitrogen and oxygen atoms in total. The molecular formula is C21H30O4. The summed E-state index contributed by atoms with van der Waals surface area (Å²) in [5.74, 6) is 1.73. The number of rotatable bonds is 5. The van der Waals surface area contributed by atoms with Crippen LogP contribution in [-0.2, 0) is 9.53 Å². The van der Waals surface area contributed by atoms with E-state index < -0.39 is 0 Å². The molecule has 0 atom stereocenters. The van der Waals surface area contributed by atoms with Crippen LogP contribution in [0.5, 0.6) is 11.5 Å². The third-order valence-electron chi connectivity index (χ3n) is 5.00. The number of ether oxygens (including phenoxy) is 3. The Kier molecular flexibility index (Phi) is 6.51. The van der Waals surface area contributed by atoms with Gasteiger partial charge in [0.15, 0.2) is 11.5 Å². The summed E-state index contributed by atoms with van der Waals surface area (Å²) in [5, 5.41) is 0. The van der Waals surface area contributed by atoms with Crippen LogP contribution in [0.3, 0.4) is 0 Å². The number of benzene rings is 1. The summed E-state index contributed by atoms with van der Waals surface area (Å²) in [4.78, 5) is 12.1. The second-order valence-electron chi connectivity index (χ2n) is 7.72. The van der Waals surface area contributed by atoms with Gasteiger partial charge in [0.2, 0.25) is 0 Å². The van der Waals surface area contributed by atoms with E-state index >= 15 is 0 Å². The van der Waals surface area contributed by atoms with E-state index in [0.29, 0.717) is 22.8 Å². The Balaban J connectivity index is 1.87. The molecule has 1 aromatic carbocycles. The summed E-state index contributed by atoms with van der Waals surface area (Å²) >= 11 is 0. The Morgan fingerprint density at radius 2 is 1.68 bits per heavy atom. The van der Waals surface area contributed by atoms with E-state index in [1.807, 2.05) is 18.2 Å². The number of hydrogen-bond acceptors (Lipinski definition) is 4. The minimum Gasteiger partial charge on any atom is -0.493 e. The maximum absolute atomic E-state index is 12.1. The molecule has 0 aliphatic heterocycles.